The molecule has 7 nitrogen and oxygen atoms in total. The maximum atomic E-state index is 12.7. The van der Waals surface area contributed by atoms with Crippen LogP contribution in [0.4, 0.5) is 4.79 Å². The normalized spacial score (nSPS) is 13.5. The maximum absolute atomic E-state index is 12.7. The van der Waals surface area contributed by atoms with Gasteiger partial charge in [-0.3, -0.25) is 9.59 Å². The summed E-state index contributed by atoms with van der Waals surface area (Å²) in [6.45, 7) is 5.84. The molecule has 0 radical (unpaired) electrons. The van der Waals surface area contributed by atoms with E-state index in [9.17, 15) is 14.4 Å². The van der Waals surface area contributed by atoms with Gasteiger partial charge in [0.05, 0.1) is 6.42 Å². The standard InChI is InChI=1S/C26H32N2O5/c1-4-9-22(24(31)27-16-26(2,3)14-23(29)30)28-25(32)33-15-21-19-12-7-5-10-17(19)18-11-6-8-13-20(18)21/h5-8,10-13,21-22H,4,9,14-16H2,1-3H3,(H,27,31)(H,28,32)(H,29,30)/t22-/m0/s1. The van der Waals surface area contributed by atoms with Crippen LogP contribution in [0, 0.1) is 5.41 Å². The maximum Gasteiger partial charge on any atom is 0.407 e. The average Bonchev–Trinajstić information content (AvgIpc) is 3.09. The molecule has 0 heterocycles. The van der Waals surface area contributed by atoms with Crippen LogP contribution in [0.1, 0.15) is 57.1 Å². The Balaban J connectivity index is 1.59. The number of amides is 2. The molecule has 33 heavy (non-hydrogen) atoms. The van der Waals surface area contributed by atoms with E-state index in [1.165, 1.54) is 0 Å². The Kier molecular flexibility index (Phi) is 7.74. The molecule has 2 aromatic rings. The fourth-order valence-corrected chi connectivity index (χ4v) is 4.26. The Bertz CT molecular complexity index is 972. The summed E-state index contributed by atoms with van der Waals surface area (Å²) in [4.78, 5) is 36.2. The van der Waals surface area contributed by atoms with Crippen LogP contribution in [0.15, 0.2) is 48.5 Å². The van der Waals surface area contributed by atoms with Crippen molar-refractivity contribution in [1.82, 2.24) is 10.6 Å². The van der Waals surface area contributed by atoms with Crippen molar-refractivity contribution < 1.29 is 24.2 Å². The first-order valence-electron chi connectivity index (χ1n) is 11.3. The van der Waals surface area contributed by atoms with Gasteiger partial charge in [-0.05, 0) is 34.1 Å². The highest BCUT2D eigenvalue weighted by molar-refractivity contribution is 5.85. The second kappa shape index (κ2) is 10.5. The number of alkyl carbamates (subject to hydrolysis) is 1. The second-order valence-corrected chi connectivity index (χ2v) is 9.26. The van der Waals surface area contributed by atoms with Crippen molar-refractivity contribution in [1.29, 1.82) is 0 Å². The summed E-state index contributed by atoms with van der Waals surface area (Å²) in [5.74, 6) is -1.32. The van der Waals surface area contributed by atoms with Crippen LogP contribution in [0.25, 0.3) is 11.1 Å². The summed E-state index contributed by atoms with van der Waals surface area (Å²) in [6.07, 6.45) is 0.441. The van der Waals surface area contributed by atoms with Crippen LogP contribution >= 0.6 is 0 Å². The zero-order valence-electron chi connectivity index (χ0n) is 19.4. The predicted octanol–water partition coefficient (Wildman–Crippen LogP) is 4.31. The molecule has 0 saturated heterocycles. The number of carbonyl (C=O) groups is 3. The van der Waals surface area contributed by atoms with Crippen LogP contribution in [0.2, 0.25) is 0 Å². The molecular formula is C26H32N2O5. The summed E-state index contributed by atoms with van der Waals surface area (Å²) in [5, 5.41) is 14.5. The van der Waals surface area contributed by atoms with E-state index in [1.807, 2.05) is 43.3 Å². The Labute approximate surface area is 194 Å². The molecule has 0 spiro atoms. The number of hydrogen-bond acceptors (Lipinski definition) is 4. The first-order chi connectivity index (χ1) is 15.7. The second-order valence-electron chi connectivity index (χ2n) is 9.26. The number of carboxylic acids is 1. The lowest BCUT2D eigenvalue weighted by Crippen LogP contribution is -2.49. The number of nitrogens with one attached hydrogen (secondary N) is 2. The summed E-state index contributed by atoms with van der Waals surface area (Å²) < 4.78 is 5.56. The quantitative estimate of drug-likeness (QED) is 0.498. The third kappa shape index (κ3) is 6.12. The van der Waals surface area contributed by atoms with Crippen molar-refractivity contribution in [2.75, 3.05) is 13.2 Å². The van der Waals surface area contributed by atoms with E-state index in [-0.39, 0.29) is 31.4 Å². The highest BCUT2D eigenvalue weighted by Crippen LogP contribution is 2.44. The van der Waals surface area contributed by atoms with Gasteiger partial charge in [0.1, 0.15) is 12.6 Å². The fourth-order valence-electron chi connectivity index (χ4n) is 4.26. The van der Waals surface area contributed by atoms with E-state index in [4.69, 9.17) is 9.84 Å². The summed E-state index contributed by atoms with van der Waals surface area (Å²) >= 11 is 0. The van der Waals surface area contributed by atoms with Crippen LogP contribution in [-0.2, 0) is 14.3 Å². The average molecular weight is 453 g/mol. The summed E-state index contributed by atoms with van der Waals surface area (Å²) in [7, 11) is 0. The molecule has 1 aliphatic rings. The largest absolute Gasteiger partial charge is 0.481 e. The minimum atomic E-state index is -0.920. The lowest BCUT2D eigenvalue weighted by atomic mass is 9.89. The third-order valence-electron chi connectivity index (χ3n) is 5.90. The Morgan fingerprint density at radius 3 is 2.15 bits per heavy atom. The summed E-state index contributed by atoms with van der Waals surface area (Å²) in [6, 6.07) is 15.4. The molecule has 0 fully saturated rings. The number of ether oxygens (including phenoxy) is 1. The molecule has 2 amide bonds. The van der Waals surface area contributed by atoms with Crippen molar-refractivity contribution in [3.8, 4) is 11.1 Å². The molecule has 0 bridgehead atoms. The van der Waals surface area contributed by atoms with Gasteiger partial charge < -0.3 is 20.5 Å². The lowest BCUT2D eigenvalue weighted by molar-refractivity contribution is -0.139. The zero-order chi connectivity index (χ0) is 24.0. The van der Waals surface area contributed by atoms with E-state index in [0.29, 0.717) is 12.8 Å². The van der Waals surface area contributed by atoms with Gasteiger partial charge in [-0.2, -0.15) is 0 Å². The predicted molar refractivity (Wildman–Crippen MR) is 126 cm³/mol. The first-order valence-corrected chi connectivity index (χ1v) is 11.3. The lowest BCUT2D eigenvalue weighted by Gasteiger charge is -2.25. The molecule has 0 aliphatic heterocycles. The Morgan fingerprint density at radius 2 is 1.61 bits per heavy atom. The highest BCUT2D eigenvalue weighted by atomic mass is 16.5. The van der Waals surface area contributed by atoms with Crippen LogP contribution < -0.4 is 10.6 Å². The van der Waals surface area contributed by atoms with Gasteiger partial charge in [0.2, 0.25) is 5.91 Å². The number of benzene rings is 2. The van der Waals surface area contributed by atoms with Gasteiger partial charge >= 0.3 is 12.1 Å². The minimum absolute atomic E-state index is 0.0570. The van der Waals surface area contributed by atoms with Gasteiger partial charge in [-0.1, -0.05) is 75.7 Å². The number of carbonyl (C=O) groups excluding carboxylic acids is 2. The van der Waals surface area contributed by atoms with Crippen LogP contribution in [0.5, 0.6) is 0 Å². The van der Waals surface area contributed by atoms with E-state index in [2.05, 4.69) is 22.8 Å². The molecule has 0 aromatic heterocycles. The first kappa shape index (κ1) is 24.3. The van der Waals surface area contributed by atoms with Crippen molar-refractivity contribution in [3.63, 3.8) is 0 Å². The zero-order valence-corrected chi connectivity index (χ0v) is 19.4. The van der Waals surface area contributed by atoms with Gasteiger partial charge in [-0.15, -0.1) is 0 Å². The van der Waals surface area contributed by atoms with Crippen LogP contribution in [0.3, 0.4) is 0 Å². The van der Waals surface area contributed by atoms with Gasteiger partial charge in [-0.25, -0.2) is 4.79 Å². The van der Waals surface area contributed by atoms with Crippen LogP contribution in [-0.4, -0.2) is 42.3 Å². The SMILES string of the molecule is CCC[C@H](NC(=O)OCC1c2ccccc2-c2ccccc21)C(=O)NCC(C)(C)CC(=O)O. The van der Waals surface area contributed by atoms with Crippen molar-refractivity contribution in [3.05, 3.63) is 59.7 Å². The number of carboxylic acid groups (broad SMARTS) is 1. The monoisotopic (exact) mass is 452 g/mol. The Hall–Kier alpha value is -3.35. The molecule has 1 aliphatic carbocycles. The number of fused-ring (bicyclic) bond motifs is 3. The summed E-state index contributed by atoms with van der Waals surface area (Å²) in [5.41, 5.74) is 3.94. The van der Waals surface area contributed by atoms with Crippen molar-refractivity contribution >= 4 is 18.0 Å². The van der Waals surface area contributed by atoms with Crippen molar-refractivity contribution in [2.45, 2.75) is 52.0 Å². The van der Waals surface area contributed by atoms with E-state index >= 15 is 0 Å². The van der Waals surface area contributed by atoms with E-state index in [0.717, 1.165) is 22.3 Å². The molecule has 176 valence electrons. The number of aliphatic carboxylic acids is 1. The molecule has 2 aromatic carbocycles. The Morgan fingerprint density at radius 1 is 1.03 bits per heavy atom. The minimum Gasteiger partial charge on any atom is -0.481 e. The molecular weight excluding hydrogens is 420 g/mol. The molecule has 0 saturated carbocycles. The number of hydrogen-bond donors (Lipinski definition) is 3. The highest BCUT2D eigenvalue weighted by Gasteiger charge is 2.30. The van der Waals surface area contributed by atoms with Gasteiger partial charge in [0.15, 0.2) is 0 Å². The van der Waals surface area contributed by atoms with E-state index in [1.54, 1.807) is 13.8 Å². The molecule has 3 rings (SSSR count). The molecule has 0 unspecified atom stereocenters. The number of rotatable bonds is 10. The van der Waals surface area contributed by atoms with Crippen molar-refractivity contribution in [2.24, 2.45) is 5.41 Å². The smallest absolute Gasteiger partial charge is 0.407 e. The third-order valence-corrected chi connectivity index (χ3v) is 5.90. The van der Waals surface area contributed by atoms with E-state index < -0.39 is 23.5 Å². The molecule has 7 heteroatoms. The fraction of sp³-hybridized carbons (Fsp3) is 0.423. The van der Waals surface area contributed by atoms with Gasteiger partial charge in [0, 0.05) is 12.5 Å². The van der Waals surface area contributed by atoms with Gasteiger partial charge in [0.25, 0.3) is 0 Å². The topological polar surface area (TPSA) is 105 Å². The molecule has 3 N–H and O–H groups in total. The molecule has 1 atom stereocenters.